The number of alkyl halides is 3. The van der Waals surface area contributed by atoms with Gasteiger partial charge < -0.3 is 27.9 Å². The standard InChI is InChI=1S/C36H36Cl3N3O3/c37-13-19-43-22-16-40-28-10-4-1-7-25(28)31-34(40)32-27-9-3-6-12-30(27)42(18-24-45-21-15-39)36(32)33-26-8-2-5-11-29(26)41(35(31)33)17-23-44-20-14-38/h1-12H,13-24H2. The van der Waals surface area contributed by atoms with Crippen LogP contribution in [0.3, 0.4) is 0 Å². The molecule has 3 heterocycles. The maximum Gasteiger partial charge on any atom is 0.0646 e. The molecule has 4 aromatic carbocycles. The van der Waals surface area contributed by atoms with Gasteiger partial charge in [-0.1, -0.05) is 54.6 Å². The molecule has 6 nitrogen and oxygen atoms in total. The smallest absolute Gasteiger partial charge is 0.0646 e. The average Bonchev–Trinajstić information content (AvgIpc) is 3.69. The zero-order chi connectivity index (χ0) is 30.8. The lowest BCUT2D eigenvalue weighted by Crippen LogP contribution is -2.09. The van der Waals surface area contributed by atoms with Crippen molar-refractivity contribution in [3.05, 3.63) is 72.8 Å². The largest absolute Gasteiger partial charge is 0.378 e. The highest BCUT2D eigenvalue weighted by Crippen LogP contribution is 2.47. The first kappa shape index (κ1) is 30.7. The SMILES string of the molecule is ClCCOCCn1c2ccccc2c2c1c1c3ccccc3n(CCOCCCl)c1c1c3ccccc3n(CCOCCCl)c21. The van der Waals surface area contributed by atoms with E-state index in [0.29, 0.717) is 76.9 Å². The maximum absolute atomic E-state index is 5.97. The van der Waals surface area contributed by atoms with Crippen molar-refractivity contribution < 1.29 is 14.2 Å². The van der Waals surface area contributed by atoms with Gasteiger partial charge in [-0.25, -0.2) is 0 Å². The van der Waals surface area contributed by atoms with Crippen molar-refractivity contribution in [2.45, 2.75) is 19.6 Å². The van der Waals surface area contributed by atoms with E-state index in [1.165, 1.54) is 65.4 Å². The fourth-order valence-corrected chi connectivity index (χ4v) is 7.37. The molecule has 0 aliphatic rings. The highest BCUT2D eigenvalue weighted by molar-refractivity contribution is 6.39. The highest BCUT2D eigenvalue weighted by Gasteiger charge is 2.27. The molecule has 0 aliphatic heterocycles. The van der Waals surface area contributed by atoms with E-state index in [9.17, 15) is 0 Å². The van der Waals surface area contributed by atoms with Gasteiger partial charge in [0.05, 0.1) is 56.2 Å². The summed E-state index contributed by atoms with van der Waals surface area (Å²) in [5.41, 5.74) is 7.22. The van der Waals surface area contributed by atoms with Crippen molar-refractivity contribution in [1.29, 1.82) is 0 Å². The van der Waals surface area contributed by atoms with Gasteiger partial charge in [0.15, 0.2) is 0 Å². The van der Waals surface area contributed by atoms with Crippen LogP contribution in [0, 0.1) is 0 Å². The van der Waals surface area contributed by atoms with Gasteiger partial charge in [-0.2, -0.15) is 0 Å². The van der Waals surface area contributed by atoms with Gasteiger partial charge in [-0.05, 0) is 18.2 Å². The Morgan fingerprint density at radius 3 is 0.978 bits per heavy atom. The molecular formula is C36H36Cl3N3O3. The Morgan fingerprint density at radius 1 is 0.400 bits per heavy atom. The van der Waals surface area contributed by atoms with Gasteiger partial charge in [-0.3, -0.25) is 0 Å². The van der Waals surface area contributed by atoms with Crippen molar-refractivity contribution in [1.82, 2.24) is 13.7 Å². The Kier molecular flexibility index (Phi) is 9.40. The summed E-state index contributed by atoms with van der Waals surface area (Å²) in [4.78, 5) is 0. The molecule has 9 heteroatoms. The molecule has 0 amide bonds. The minimum Gasteiger partial charge on any atom is -0.378 e. The van der Waals surface area contributed by atoms with Crippen LogP contribution in [0.25, 0.3) is 65.4 Å². The molecule has 0 unspecified atom stereocenters. The molecule has 3 aromatic heterocycles. The Bertz CT molecular complexity index is 1840. The summed E-state index contributed by atoms with van der Waals surface area (Å²) < 4.78 is 25.2. The number of ether oxygens (including phenoxy) is 3. The summed E-state index contributed by atoms with van der Waals surface area (Å²) in [6.45, 7) is 5.40. The van der Waals surface area contributed by atoms with Gasteiger partial charge in [0, 0.05) is 86.1 Å². The van der Waals surface area contributed by atoms with Crippen LogP contribution in [-0.4, -0.2) is 71.0 Å². The van der Waals surface area contributed by atoms with E-state index in [1.54, 1.807) is 0 Å². The number of fused-ring (bicyclic) bond motifs is 12. The molecule has 0 aliphatic carbocycles. The number of halogens is 3. The van der Waals surface area contributed by atoms with Crippen LogP contribution in [0.15, 0.2) is 72.8 Å². The van der Waals surface area contributed by atoms with E-state index in [4.69, 9.17) is 49.0 Å². The lowest BCUT2D eigenvalue weighted by Gasteiger charge is -2.13. The van der Waals surface area contributed by atoms with E-state index in [2.05, 4.69) is 86.5 Å². The highest BCUT2D eigenvalue weighted by atomic mass is 35.5. The van der Waals surface area contributed by atoms with Crippen LogP contribution in [0.1, 0.15) is 0 Å². The summed E-state index contributed by atoms with van der Waals surface area (Å²) >= 11 is 17.9. The first-order valence-electron chi connectivity index (χ1n) is 15.6. The third-order valence-corrected chi connectivity index (χ3v) is 9.13. The molecule has 0 saturated carbocycles. The number of hydrogen-bond acceptors (Lipinski definition) is 3. The normalized spacial score (nSPS) is 12.3. The zero-order valence-electron chi connectivity index (χ0n) is 25.1. The Labute approximate surface area is 276 Å². The van der Waals surface area contributed by atoms with Crippen LogP contribution in [-0.2, 0) is 33.8 Å². The number of hydrogen-bond donors (Lipinski definition) is 0. The van der Waals surface area contributed by atoms with Crippen molar-refractivity contribution >= 4 is 100 Å². The second-order valence-electron chi connectivity index (χ2n) is 11.1. The molecule has 45 heavy (non-hydrogen) atoms. The first-order valence-corrected chi connectivity index (χ1v) is 17.2. The minimum absolute atomic E-state index is 0.475. The average molecular weight is 665 g/mol. The monoisotopic (exact) mass is 663 g/mol. The third-order valence-electron chi connectivity index (χ3n) is 8.67. The summed E-state index contributed by atoms with van der Waals surface area (Å²) in [7, 11) is 0. The summed E-state index contributed by atoms with van der Waals surface area (Å²) in [5.74, 6) is 1.43. The quantitative estimate of drug-likeness (QED) is 0.0813. The predicted molar refractivity (Wildman–Crippen MR) is 190 cm³/mol. The van der Waals surface area contributed by atoms with Crippen LogP contribution in [0.2, 0.25) is 0 Å². The minimum atomic E-state index is 0.475. The topological polar surface area (TPSA) is 42.5 Å². The van der Waals surface area contributed by atoms with Gasteiger partial charge in [0.2, 0.25) is 0 Å². The molecule has 0 radical (unpaired) electrons. The number of nitrogens with zero attached hydrogens (tertiary/aromatic N) is 3. The van der Waals surface area contributed by atoms with E-state index < -0.39 is 0 Å². The molecule has 7 rings (SSSR count). The molecule has 0 saturated heterocycles. The van der Waals surface area contributed by atoms with Crippen LogP contribution >= 0.6 is 34.8 Å². The lowest BCUT2D eigenvalue weighted by atomic mass is 10.0. The Hall–Kier alpha value is -2.97. The van der Waals surface area contributed by atoms with Crippen molar-refractivity contribution in [3.8, 4) is 0 Å². The third kappa shape index (κ3) is 5.36. The van der Waals surface area contributed by atoms with E-state index in [-0.39, 0.29) is 0 Å². The zero-order valence-corrected chi connectivity index (χ0v) is 27.4. The molecule has 0 fully saturated rings. The number of para-hydroxylation sites is 3. The van der Waals surface area contributed by atoms with Crippen LogP contribution in [0.4, 0.5) is 0 Å². The lowest BCUT2D eigenvalue weighted by molar-refractivity contribution is 0.142. The molecular weight excluding hydrogens is 629 g/mol. The first-order chi connectivity index (χ1) is 22.3. The molecule has 234 valence electrons. The molecule has 7 aromatic rings. The van der Waals surface area contributed by atoms with Gasteiger partial charge in [-0.15, -0.1) is 34.8 Å². The van der Waals surface area contributed by atoms with Gasteiger partial charge >= 0.3 is 0 Å². The van der Waals surface area contributed by atoms with E-state index >= 15 is 0 Å². The van der Waals surface area contributed by atoms with Crippen LogP contribution in [0.5, 0.6) is 0 Å². The maximum atomic E-state index is 5.97. The summed E-state index contributed by atoms with van der Waals surface area (Å²) in [6.07, 6.45) is 0. The Balaban J connectivity index is 1.66. The van der Waals surface area contributed by atoms with Crippen LogP contribution < -0.4 is 0 Å². The van der Waals surface area contributed by atoms with Crippen molar-refractivity contribution in [2.75, 3.05) is 57.3 Å². The van der Waals surface area contributed by atoms with Crippen molar-refractivity contribution in [2.24, 2.45) is 0 Å². The van der Waals surface area contributed by atoms with Crippen molar-refractivity contribution in [3.63, 3.8) is 0 Å². The molecule has 0 spiro atoms. The summed E-state index contributed by atoms with van der Waals surface area (Å²) in [6, 6.07) is 26.2. The Morgan fingerprint density at radius 2 is 0.689 bits per heavy atom. The summed E-state index contributed by atoms with van der Waals surface area (Å²) in [5, 5.41) is 7.43. The second kappa shape index (κ2) is 13.8. The second-order valence-corrected chi connectivity index (χ2v) is 12.2. The fourth-order valence-electron chi connectivity index (χ4n) is 7.04. The molecule has 0 N–H and O–H groups in total. The predicted octanol–water partition coefficient (Wildman–Crippen LogP) is 8.78. The number of rotatable bonds is 15. The molecule has 0 atom stereocenters. The number of benzene rings is 4. The van der Waals surface area contributed by atoms with E-state index in [1.807, 2.05) is 0 Å². The van der Waals surface area contributed by atoms with Gasteiger partial charge in [0.1, 0.15) is 0 Å². The molecule has 0 bridgehead atoms. The number of aromatic nitrogens is 3. The van der Waals surface area contributed by atoms with Gasteiger partial charge in [0.25, 0.3) is 0 Å². The fraction of sp³-hybridized carbons (Fsp3) is 0.333. The van der Waals surface area contributed by atoms with E-state index in [0.717, 1.165) is 0 Å².